The van der Waals surface area contributed by atoms with Crippen molar-refractivity contribution in [1.82, 2.24) is 15.1 Å². The highest BCUT2D eigenvalue weighted by Crippen LogP contribution is 2.27. The maximum absolute atomic E-state index is 4.83. The number of thiophene rings is 1. The van der Waals surface area contributed by atoms with Crippen LogP contribution in [0, 0.1) is 0 Å². The summed E-state index contributed by atoms with van der Waals surface area (Å²) in [6.07, 6.45) is 11.0. The third-order valence-electron chi connectivity index (χ3n) is 4.54. The molecule has 21 heavy (non-hydrogen) atoms. The van der Waals surface area contributed by atoms with E-state index in [9.17, 15) is 0 Å². The minimum atomic E-state index is 0.467. The Hall–Kier alpha value is -1.13. The molecule has 1 fully saturated rings. The van der Waals surface area contributed by atoms with Crippen LogP contribution in [-0.4, -0.2) is 22.9 Å². The molecule has 1 aliphatic rings. The molecule has 1 saturated carbocycles. The topological polar surface area (TPSA) is 29.9 Å². The van der Waals surface area contributed by atoms with Gasteiger partial charge in [0, 0.05) is 18.7 Å². The van der Waals surface area contributed by atoms with E-state index in [4.69, 9.17) is 5.10 Å². The van der Waals surface area contributed by atoms with Gasteiger partial charge in [-0.3, -0.25) is 4.68 Å². The van der Waals surface area contributed by atoms with E-state index in [2.05, 4.69) is 46.1 Å². The molecule has 0 amide bonds. The molecule has 0 bridgehead atoms. The van der Waals surface area contributed by atoms with Gasteiger partial charge in [0.05, 0.1) is 11.7 Å². The fourth-order valence-corrected chi connectivity index (χ4v) is 3.94. The maximum Gasteiger partial charge on any atom is 0.0640 e. The summed E-state index contributed by atoms with van der Waals surface area (Å²) < 4.78 is 2.21. The third-order valence-corrected chi connectivity index (χ3v) is 5.27. The fraction of sp³-hybridized carbons (Fsp3) is 0.588. The van der Waals surface area contributed by atoms with Crippen LogP contribution in [0.15, 0.2) is 29.1 Å². The first kappa shape index (κ1) is 14.8. The maximum atomic E-state index is 4.83. The van der Waals surface area contributed by atoms with Crippen molar-refractivity contribution < 1.29 is 0 Å². The first-order valence-corrected chi connectivity index (χ1v) is 9.02. The summed E-state index contributed by atoms with van der Waals surface area (Å²) in [7, 11) is 2.05. The van der Waals surface area contributed by atoms with Crippen molar-refractivity contribution in [3.05, 3.63) is 40.3 Å². The van der Waals surface area contributed by atoms with E-state index in [0.717, 1.165) is 12.8 Å². The largest absolute Gasteiger partial charge is 0.316 e. The number of aromatic nitrogens is 2. The summed E-state index contributed by atoms with van der Waals surface area (Å²) in [5.74, 6) is 0. The summed E-state index contributed by atoms with van der Waals surface area (Å²) in [4.78, 5) is 0. The van der Waals surface area contributed by atoms with E-state index in [1.165, 1.54) is 43.4 Å². The number of nitrogens with one attached hydrogen (secondary N) is 1. The van der Waals surface area contributed by atoms with Gasteiger partial charge in [-0.25, -0.2) is 0 Å². The Morgan fingerprint density at radius 1 is 1.29 bits per heavy atom. The summed E-state index contributed by atoms with van der Waals surface area (Å²) in [5, 5.41) is 12.7. The Labute approximate surface area is 131 Å². The molecule has 1 unspecified atom stereocenters. The molecule has 2 aromatic rings. The SMILES string of the molecule is CNC(Cc1ccsc1)Cc1ccn(C2CCCCC2)n1. The molecule has 114 valence electrons. The van der Waals surface area contributed by atoms with Crippen LogP contribution in [0.5, 0.6) is 0 Å². The Bertz CT molecular complexity index is 526. The highest BCUT2D eigenvalue weighted by molar-refractivity contribution is 7.07. The van der Waals surface area contributed by atoms with Crippen LogP contribution >= 0.6 is 11.3 Å². The first-order chi connectivity index (χ1) is 10.3. The summed E-state index contributed by atoms with van der Waals surface area (Å²) in [5.41, 5.74) is 2.64. The molecular formula is C17H25N3S. The average Bonchev–Trinajstić information content (AvgIpc) is 3.19. The molecule has 3 nitrogen and oxygen atoms in total. The minimum absolute atomic E-state index is 0.467. The van der Waals surface area contributed by atoms with Gasteiger partial charge in [-0.05, 0) is 54.8 Å². The molecular weight excluding hydrogens is 278 g/mol. The van der Waals surface area contributed by atoms with E-state index in [1.807, 2.05) is 0 Å². The monoisotopic (exact) mass is 303 g/mol. The van der Waals surface area contributed by atoms with Crippen molar-refractivity contribution in [2.45, 2.75) is 57.0 Å². The summed E-state index contributed by atoms with van der Waals surface area (Å²) in [6, 6.07) is 5.52. The van der Waals surface area contributed by atoms with Crippen LogP contribution in [0.1, 0.15) is 49.4 Å². The summed E-state index contributed by atoms with van der Waals surface area (Å²) in [6.45, 7) is 0. The van der Waals surface area contributed by atoms with Crippen LogP contribution < -0.4 is 5.32 Å². The van der Waals surface area contributed by atoms with Crippen molar-refractivity contribution in [2.75, 3.05) is 7.05 Å². The van der Waals surface area contributed by atoms with Crippen molar-refractivity contribution in [3.8, 4) is 0 Å². The number of hydrogen-bond donors (Lipinski definition) is 1. The van der Waals surface area contributed by atoms with E-state index in [-0.39, 0.29) is 0 Å². The van der Waals surface area contributed by atoms with Crippen LogP contribution in [0.25, 0.3) is 0 Å². The normalized spacial score (nSPS) is 18.0. The lowest BCUT2D eigenvalue weighted by molar-refractivity contribution is 0.327. The van der Waals surface area contributed by atoms with E-state index in [0.29, 0.717) is 12.1 Å². The van der Waals surface area contributed by atoms with Gasteiger partial charge in [0.25, 0.3) is 0 Å². The highest BCUT2D eigenvalue weighted by atomic mass is 32.1. The zero-order chi connectivity index (χ0) is 14.5. The van der Waals surface area contributed by atoms with E-state index >= 15 is 0 Å². The van der Waals surface area contributed by atoms with Gasteiger partial charge in [0.2, 0.25) is 0 Å². The molecule has 1 aliphatic carbocycles. The molecule has 0 aromatic carbocycles. The molecule has 0 saturated heterocycles. The third kappa shape index (κ3) is 3.95. The van der Waals surface area contributed by atoms with Gasteiger partial charge in [-0.2, -0.15) is 16.4 Å². The van der Waals surface area contributed by atoms with E-state index in [1.54, 1.807) is 11.3 Å². The molecule has 0 aliphatic heterocycles. The molecule has 3 rings (SSSR count). The van der Waals surface area contributed by atoms with Gasteiger partial charge in [-0.15, -0.1) is 0 Å². The van der Waals surface area contributed by atoms with Crippen molar-refractivity contribution in [2.24, 2.45) is 0 Å². The quantitative estimate of drug-likeness (QED) is 0.879. The molecule has 1 atom stereocenters. The first-order valence-electron chi connectivity index (χ1n) is 8.07. The Morgan fingerprint density at radius 3 is 2.86 bits per heavy atom. The van der Waals surface area contributed by atoms with Gasteiger partial charge in [0.15, 0.2) is 0 Å². The zero-order valence-corrected chi connectivity index (χ0v) is 13.6. The minimum Gasteiger partial charge on any atom is -0.316 e. The lowest BCUT2D eigenvalue weighted by Crippen LogP contribution is -2.30. The van der Waals surface area contributed by atoms with Crippen LogP contribution in [-0.2, 0) is 12.8 Å². The van der Waals surface area contributed by atoms with Gasteiger partial charge in [-0.1, -0.05) is 19.3 Å². The lowest BCUT2D eigenvalue weighted by Gasteiger charge is -2.22. The number of rotatable bonds is 6. The highest BCUT2D eigenvalue weighted by Gasteiger charge is 2.17. The van der Waals surface area contributed by atoms with Gasteiger partial charge < -0.3 is 5.32 Å². The Balaban J connectivity index is 1.59. The lowest BCUT2D eigenvalue weighted by atomic mass is 9.96. The van der Waals surface area contributed by atoms with Crippen LogP contribution in [0.3, 0.4) is 0 Å². The van der Waals surface area contributed by atoms with E-state index < -0.39 is 0 Å². The van der Waals surface area contributed by atoms with Crippen molar-refractivity contribution in [1.29, 1.82) is 0 Å². The second kappa shape index (κ2) is 7.23. The fourth-order valence-electron chi connectivity index (χ4n) is 3.26. The molecule has 1 N–H and O–H groups in total. The van der Waals surface area contributed by atoms with Gasteiger partial charge in [0.1, 0.15) is 0 Å². The number of nitrogens with zero attached hydrogens (tertiary/aromatic N) is 2. The number of hydrogen-bond acceptors (Lipinski definition) is 3. The smallest absolute Gasteiger partial charge is 0.0640 e. The van der Waals surface area contributed by atoms with Crippen LogP contribution in [0.2, 0.25) is 0 Å². The average molecular weight is 303 g/mol. The standard InChI is InChI=1S/C17H25N3S/c1-18-16(11-14-8-10-21-13-14)12-15-7-9-20(19-15)17-5-3-2-4-6-17/h7-10,13,16-18H,2-6,11-12H2,1H3. The Kier molecular flexibility index (Phi) is 5.09. The molecule has 2 heterocycles. The molecule has 4 heteroatoms. The van der Waals surface area contributed by atoms with Crippen LogP contribution in [0.4, 0.5) is 0 Å². The zero-order valence-electron chi connectivity index (χ0n) is 12.8. The molecule has 0 radical (unpaired) electrons. The summed E-state index contributed by atoms with van der Waals surface area (Å²) >= 11 is 1.77. The second-order valence-electron chi connectivity index (χ2n) is 6.10. The molecule has 0 spiro atoms. The predicted octanol–water partition coefficient (Wildman–Crippen LogP) is 3.82. The molecule has 2 aromatic heterocycles. The van der Waals surface area contributed by atoms with Crippen molar-refractivity contribution in [3.63, 3.8) is 0 Å². The number of likely N-dealkylation sites (N-methyl/N-ethyl adjacent to an activating group) is 1. The second-order valence-corrected chi connectivity index (χ2v) is 6.88. The van der Waals surface area contributed by atoms with Crippen molar-refractivity contribution >= 4 is 11.3 Å². The predicted molar refractivity (Wildman–Crippen MR) is 88.9 cm³/mol. The van der Waals surface area contributed by atoms with Gasteiger partial charge >= 0.3 is 0 Å². The Morgan fingerprint density at radius 2 is 2.14 bits per heavy atom.